The maximum atomic E-state index is 11.1. The summed E-state index contributed by atoms with van der Waals surface area (Å²) in [5, 5.41) is 18.4. The summed E-state index contributed by atoms with van der Waals surface area (Å²) in [5.41, 5.74) is -0.0609. The van der Waals surface area contributed by atoms with Crippen LogP contribution in [0.1, 0.15) is 20.7 Å². The largest absolute Gasteiger partial charge is 0.507 e. The Bertz CT molecular complexity index is 908. The van der Waals surface area contributed by atoms with E-state index in [4.69, 9.17) is 15.8 Å². The van der Waals surface area contributed by atoms with Gasteiger partial charge < -0.3 is 19.7 Å². The summed E-state index contributed by atoms with van der Waals surface area (Å²) in [7, 11) is 3.53. The third kappa shape index (κ3) is 5.64. The molecule has 0 radical (unpaired) electrons. The number of hydrogen-bond acceptors (Lipinski definition) is 8. The van der Waals surface area contributed by atoms with E-state index in [1.807, 2.05) is 0 Å². The summed E-state index contributed by atoms with van der Waals surface area (Å²) in [4.78, 5) is 21.7. The lowest BCUT2D eigenvalue weighted by atomic mass is 10.2. The van der Waals surface area contributed by atoms with Gasteiger partial charge in [0.15, 0.2) is 0 Å². The summed E-state index contributed by atoms with van der Waals surface area (Å²) in [6.07, 6.45) is 0. The molecule has 0 spiro atoms. The van der Waals surface area contributed by atoms with Crippen molar-refractivity contribution in [3.05, 3.63) is 53.6 Å². The highest BCUT2D eigenvalue weighted by Crippen LogP contribution is 2.24. The van der Waals surface area contributed by atoms with Crippen LogP contribution >= 0.6 is 10.7 Å². The van der Waals surface area contributed by atoms with Crippen molar-refractivity contribution in [2.45, 2.75) is 4.90 Å². The quantitative estimate of drug-likeness (QED) is 0.591. The van der Waals surface area contributed by atoms with Gasteiger partial charge in [-0.2, -0.15) is 0 Å². The van der Waals surface area contributed by atoms with Crippen molar-refractivity contribution in [3.63, 3.8) is 0 Å². The van der Waals surface area contributed by atoms with E-state index >= 15 is 0 Å². The number of rotatable bonds is 3. The van der Waals surface area contributed by atoms with Crippen molar-refractivity contribution in [1.29, 1.82) is 0 Å². The molecule has 0 amide bonds. The standard InChI is InChI=1S/C8H7ClO5S.C8H8O3/c1-14-8(11)6-4-5(15(9,12)13)2-3-7(6)10;1-11-8(10)6-4-2-3-5-7(6)9/h2-4,10H,1H3;2-5,9H,1H3. The van der Waals surface area contributed by atoms with Crippen LogP contribution in [0.4, 0.5) is 0 Å². The molecule has 0 aromatic heterocycles. The normalized spacial score (nSPS) is 10.3. The van der Waals surface area contributed by atoms with Crippen LogP contribution in [0.2, 0.25) is 0 Å². The molecule has 0 heterocycles. The van der Waals surface area contributed by atoms with E-state index in [1.54, 1.807) is 12.1 Å². The molecule has 0 saturated heterocycles. The minimum absolute atomic E-state index is 0.0562. The summed E-state index contributed by atoms with van der Waals surface area (Å²) in [6, 6.07) is 9.33. The SMILES string of the molecule is COC(=O)c1cc(S(=O)(=O)Cl)ccc1O.COC(=O)c1ccccc1O. The Kier molecular flexibility index (Phi) is 7.41. The fraction of sp³-hybridized carbons (Fsp3) is 0.125. The van der Waals surface area contributed by atoms with E-state index in [2.05, 4.69) is 9.47 Å². The van der Waals surface area contributed by atoms with E-state index in [-0.39, 0.29) is 27.5 Å². The zero-order valence-electron chi connectivity index (χ0n) is 13.7. The van der Waals surface area contributed by atoms with Crippen molar-refractivity contribution in [2.75, 3.05) is 14.2 Å². The number of methoxy groups -OCH3 is 2. The predicted octanol–water partition coefficient (Wildman–Crippen LogP) is 2.29. The summed E-state index contributed by atoms with van der Waals surface area (Å²) >= 11 is 0. The minimum Gasteiger partial charge on any atom is -0.507 e. The van der Waals surface area contributed by atoms with Gasteiger partial charge >= 0.3 is 11.9 Å². The van der Waals surface area contributed by atoms with Crippen molar-refractivity contribution in [3.8, 4) is 11.5 Å². The number of halogens is 1. The second-order valence-electron chi connectivity index (χ2n) is 4.62. The molecule has 0 aliphatic rings. The van der Waals surface area contributed by atoms with Crippen LogP contribution in [0.5, 0.6) is 11.5 Å². The molecule has 0 bridgehead atoms. The lowest BCUT2D eigenvalue weighted by Crippen LogP contribution is -2.03. The Morgan fingerprint density at radius 2 is 1.38 bits per heavy atom. The number of phenols is 2. The molecule has 0 fully saturated rings. The second kappa shape index (κ2) is 9.07. The van der Waals surface area contributed by atoms with E-state index < -0.39 is 21.0 Å². The summed E-state index contributed by atoms with van der Waals surface area (Å²) < 4.78 is 30.6. The molecule has 2 N–H and O–H groups in total. The first kappa shape index (κ1) is 21.3. The molecule has 8 nitrogen and oxygen atoms in total. The molecule has 2 rings (SSSR count). The Labute approximate surface area is 154 Å². The van der Waals surface area contributed by atoms with Crippen LogP contribution in [0, 0.1) is 0 Å². The monoisotopic (exact) mass is 402 g/mol. The molecule has 0 aliphatic heterocycles. The highest BCUT2D eigenvalue weighted by molar-refractivity contribution is 8.13. The molecule has 0 aliphatic carbocycles. The topological polar surface area (TPSA) is 127 Å². The Morgan fingerprint density at radius 1 is 0.885 bits per heavy atom. The lowest BCUT2D eigenvalue weighted by molar-refractivity contribution is 0.0588. The van der Waals surface area contributed by atoms with E-state index in [0.29, 0.717) is 0 Å². The molecule has 140 valence electrons. The van der Waals surface area contributed by atoms with Gasteiger partial charge in [-0.25, -0.2) is 18.0 Å². The molecular weight excluding hydrogens is 388 g/mol. The molecule has 26 heavy (non-hydrogen) atoms. The van der Waals surface area contributed by atoms with E-state index in [9.17, 15) is 23.1 Å². The minimum atomic E-state index is -3.93. The Balaban J connectivity index is 0.000000273. The maximum absolute atomic E-state index is 11.1. The van der Waals surface area contributed by atoms with Crippen LogP contribution in [0.15, 0.2) is 47.4 Å². The first-order chi connectivity index (χ1) is 12.1. The zero-order chi connectivity index (χ0) is 19.9. The summed E-state index contributed by atoms with van der Waals surface area (Å²) in [5.74, 6) is -1.79. The third-order valence-corrected chi connectivity index (χ3v) is 4.32. The van der Waals surface area contributed by atoms with Crippen molar-refractivity contribution < 1.29 is 37.7 Å². The first-order valence-electron chi connectivity index (χ1n) is 6.84. The first-order valence-corrected chi connectivity index (χ1v) is 9.15. The number of para-hydroxylation sites is 1. The lowest BCUT2D eigenvalue weighted by Gasteiger charge is -2.03. The van der Waals surface area contributed by atoms with E-state index in [1.165, 1.54) is 19.2 Å². The van der Waals surface area contributed by atoms with Crippen LogP contribution in [0.3, 0.4) is 0 Å². The third-order valence-electron chi connectivity index (χ3n) is 2.96. The van der Waals surface area contributed by atoms with Gasteiger partial charge in [0.1, 0.15) is 22.6 Å². The van der Waals surface area contributed by atoms with Gasteiger partial charge in [0.2, 0.25) is 0 Å². The van der Waals surface area contributed by atoms with Gasteiger partial charge in [-0.1, -0.05) is 12.1 Å². The molecule has 10 heteroatoms. The van der Waals surface area contributed by atoms with Crippen molar-refractivity contribution in [2.24, 2.45) is 0 Å². The van der Waals surface area contributed by atoms with Gasteiger partial charge in [-0.3, -0.25) is 0 Å². The Morgan fingerprint density at radius 3 is 1.88 bits per heavy atom. The Hall–Kier alpha value is -2.78. The highest BCUT2D eigenvalue weighted by Gasteiger charge is 2.17. The van der Waals surface area contributed by atoms with Gasteiger partial charge in [0.05, 0.1) is 19.1 Å². The van der Waals surface area contributed by atoms with Crippen molar-refractivity contribution >= 4 is 31.7 Å². The number of benzene rings is 2. The number of hydrogen-bond donors (Lipinski definition) is 2. The van der Waals surface area contributed by atoms with E-state index in [0.717, 1.165) is 25.3 Å². The van der Waals surface area contributed by atoms with Crippen LogP contribution in [0.25, 0.3) is 0 Å². The van der Waals surface area contributed by atoms with Gasteiger partial charge in [0.25, 0.3) is 9.05 Å². The molecule has 0 atom stereocenters. The highest BCUT2D eigenvalue weighted by atomic mass is 35.7. The molecule has 2 aromatic carbocycles. The van der Waals surface area contributed by atoms with Gasteiger partial charge in [-0.15, -0.1) is 0 Å². The fourth-order valence-corrected chi connectivity index (χ4v) is 2.47. The maximum Gasteiger partial charge on any atom is 0.341 e. The van der Waals surface area contributed by atoms with Crippen LogP contribution < -0.4 is 0 Å². The van der Waals surface area contributed by atoms with Crippen LogP contribution in [-0.4, -0.2) is 44.8 Å². The molecular formula is C16H15ClO8S. The molecule has 0 saturated carbocycles. The second-order valence-corrected chi connectivity index (χ2v) is 7.18. The number of ether oxygens (including phenoxy) is 2. The smallest absolute Gasteiger partial charge is 0.341 e. The summed E-state index contributed by atoms with van der Waals surface area (Å²) in [6.45, 7) is 0. The average molecular weight is 403 g/mol. The number of carbonyl (C=O) groups is 2. The predicted molar refractivity (Wildman–Crippen MR) is 91.9 cm³/mol. The average Bonchev–Trinajstić information content (AvgIpc) is 2.60. The molecule has 0 unspecified atom stereocenters. The van der Waals surface area contributed by atoms with Gasteiger partial charge in [-0.05, 0) is 30.3 Å². The fourth-order valence-electron chi connectivity index (χ4n) is 1.70. The number of aromatic hydroxyl groups is 2. The van der Waals surface area contributed by atoms with Gasteiger partial charge in [0, 0.05) is 10.7 Å². The molecule has 2 aromatic rings. The van der Waals surface area contributed by atoms with Crippen molar-refractivity contribution in [1.82, 2.24) is 0 Å². The van der Waals surface area contributed by atoms with Crippen LogP contribution in [-0.2, 0) is 18.5 Å². The number of phenolic OH excluding ortho intramolecular Hbond substituents is 2. The zero-order valence-corrected chi connectivity index (χ0v) is 15.2. The number of esters is 2. The number of carbonyl (C=O) groups excluding carboxylic acids is 2.